The summed E-state index contributed by atoms with van der Waals surface area (Å²) in [5.41, 5.74) is 0.837. The molecule has 0 amide bonds. The summed E-state index contributed by atoms with van der Waals surface area (Å²) in [4.78, 5) is -0.178. The van der Waals surface area contributed by atoms with E-state index in [-0.39, 0.29) is 15.6 Å². The summed E-state index contributed by atoms with van der Waals surface area (Å²) >= 11 is 5.91. The van der Waals surface area contributed by atoms with Crippen molar-refractivity contribution in [2.75, 3.05) is 32.7 Å². The average Bonchev–Trinajstić information content (AvgIpc) is 2.84. The first-order chi connectivity index (χ1) is 16.2. The van der Waals surface area contributed by atoms with Gasteiger partial charge in [0, 0.05) is 11.6 Å². The van der Waals surface area contributed by atoms with Crippen LogP contribution in [-0.2, 0) is 10.0 Å². The highest BCUT2D eigenvalue weighted by Crippen LogP contribution is 2.41. The lowest BCUT2D eigenvalue weighted by atomic mass is 10.1. The maximum absolute atomic E-state index is 13.9. The van der Waals surface area contributed by atoms with E-state index in [0.717, 1.165) is 12.1 Å². The Morgan fingerprint density at radius 3 is 2.06 bits per heavy atom. The molecule has 3 aromatic rings. The lowest BCUT2D eigenvalue weighted by molar-refractivity contribution is 0.355. The molecule has 0 N–H and O–H groups in total. The van der Waals surface area contributed by atoms with Gasteiger partial charge in [-0.1, -0.05) is 11.6 Å². The van der Waals surface area contributed by atoms with E-state index in [2.05, 4.69) is 0 Å². The largest absolute Gasteiger partial charge is 0.497 e. The van der Waals surface area contributed by atoms with Crippen LogP contribution in [0, 0.1) is 5.82 Å². The Labute approximate surface area is 203 Å². The fourth-order valence-electron chi connectivity index (χ4n) is 3.58. The van der Waals surface area contributed by atoms with Crippen LogP contribution in [0.15, 0.2) is 59.5 Å². The van der Waals surface area contributed by atoms with Crippen molar-refractivity contribution in [3.63, 3.8) is 0 Å². The van der Waals surface area contributed by atoms with Gasteiger partial charge < -0.3 is 18.9 Å². The van der Waals surface area contributed by atoms with Crippen molar-refractivity contribution in [1.82, 2.24) is 0 Å². The van der Waals surface area contributed by atoms with Gasteiger partial charge in [0.15, 0.2) is 11.5 Å². The van der Waals surface area contributed by atoms with Crippen molar-refractivity contribution in [3.05, 3.63) is 71.0 Å². The maximum Gasteiger partial charge on any atom is 0.264 e. The Morgan fingerprint density at radius 2 is 1.47 bits per heavy atom. The summed E-state index contributed by atoms with van der Waals surface area (Å²) in [7, 11) is 1.70. The molecule has 0 aromatic heterocycles. The van der Waals surface area contributed by atoms with Crippen molar-refractivity contribution in [2.24, 2.45) is 0 Å². The van der Waals surface area contributed by atoms with E-state index in [9.17, 15) is 12.8 Å². The molecule has 0 bridgehead atoms. The van der Waals surface area contributed by atoms with Gasteiger partial charge in [-0.05, 0) is 55.5 Å². The number of halogens is 2. The topological polar surface area (TPSA) is 74.3 Å². The van der Waals surface area contributed by atoms with Gasteiger partial charge in [0.25, 0.3) is 10.0 Å². The van der Waals surface area contributed by atoms with Gasteiger partial charge >= 0.3 is 0 Å². The highest BCUT2D eigenvalue weighted by Gasteiger charge is 2.33. The molecule has 0 aliphatic heterocycles. The molecule has 182 valence electrons. The van der Waals surface area contributed by atoms with E-state index in [4.69, 9.17) is 30.5 Å². The van der Waals surface area contributed by atoms with Gasteiger partial charge in [-0.25, -0.2) is 12.8 Å². The zero-order valence-electron chi connectivity index (χ0n) is 19.3. The van der Waals surface area contributed by atoms with Crippen LogP contribution in [0.5, 0.6) is 23.0 Å². The van der Waals surface area contributed by atoms with Crippen LogP contribution >= 0.6 is 11.6 Å². The summed E-state index contributed by atoms with van der Waals surface area (Å²) < 4.78 is 64.3. The van der Waals surface area contributed by atoms with E-state index in [1.54, 1.807) is 43.3 Å². The Hall–Kier alpha value is -3.17. The number of sulfonamides is 1. The number of benzene rings is 3. The Bertz CT molecular complexity index is 1280. The Kier molecular flexibility index (Phi) is 7.78. The van der Waals surface area contributed by atoms with Gasteiger partial charge in [0.1, 0.15) is 17.3 Å². The molecule has 3 aromatic carbocycles. The molecular weight excluding hydrogens is 485 g/mol. The molecule has 34 heavy (non-hydrogen) atoms. The van der Waals surface area contributed by atoms with E-state index >= 15 is 0 Å². The number of methoxy groups -OCH3 is 4. The lowest BCUT2D eigenvalue weighted by Gasteiger charge is -2.32. The van der Waals surface area contributed by atoms with Crippen molar-refractivity contribution < 1.29 is 31.8 Å². The predicted molar refractivity (Wildman–Crippen MR) is 129 cm³/mol. The fourth-order valence-corrected chi connectivity index (χ4v) is 5.48. The third-order valence-corrected chi connectivity index (χ3v) is 7.49. The van der Waals surface area contributed by atoms with Crippen molar-refractivity contribution >= 4 is 27.3 Å². The van der Waals surface area contributed by atoms with Crippen LogP contribution in [0.4, 0.5) is 10.1 Å². The van der Waals surface area contributed by atoms with E-state index in [1.807, 2.05) is 0 Å². The molecular formula is C24H25ClFNO6S. The number of anilines is 1. The smallest absolute Gasteiger partial charge is 0.264 e. The minimum absolute atomic E-state index is 0.178. The number of ether oxygens (including phenoxy) is 4. The number of nitrogens with zero attached hydrogens (tertiary/aromatic N) is 1. The maximum atomic E-state index is 13.9. The van der Waals surface area contributed by atoms with Crippen LogP contribution in [0.1, 0.15) is 18.5 Å². The molecule has 0 saturated carbocycles. The highest BCUT2D eigenvalue weighted by molar-refractivity contribution is 7.92. The normalized spacial score (nSPS) is 12.1. The van der Waals surface area contributed by atoms with Gasteiger partial charge in [-0.3, -0.25) is 4.31 Å². The Balaban J connectivity index is 2.27. The second-order valence-electron chi connectivity index (χ2n) is 7.20. The molecule has 7 nitrogen and oxygen atoms in total. The van der Waals surface area contributed by atoms with Gasteiger partial charge in [-0.15, -0.1) is 0 Å². The molecule has 0 aliphatic rings. The summed E-state index contributed by atoms with van der Waals surface area (Å²) in [6, 6.07) is 12.3. The van der Waals surface area contributed by atoms with Crippen LogP contribution in [-0.4, -0.2) is 36.9 Å². The first-order valence-electron chi connectivity index (χ1n) is 10.1. The van der Waals surface area contributed by atoms with Gasteiger partial charge in [-0.2, -0.15) is 0 Å². The molecule has 3 rings (SSSR count). The van der Waals surface area contributed by atoms with Crippen LogP contribution in [0.25, 0.3) is 0 Å². The molecule has 0 aliphatic carbocycles. The third kappa shape index (κ3) is 4.85. The molecule has 0 heterocycles. The average molecular weight is 510 g/mol. The van der Waals surface area contributed by atoms with Crippen molar-refractivity contribution in [1.29, 1.82) is 0 Å². The SMILES string of the molecule is COc1ccc(OC)c([C@@H](C)N(c2ccc(OC)c(OC)c2)S(=O)(=O)c2ccc(F)c(Cl)c2)c1. The summed E-state index contributed by atoms with van der Waals surface area (Å²) in [6.45, 7) is 1.71. The second kappa shape index (κ2) is 10.4. The van der Waals surface area contributed by atoms with Gasteiger partial charge in [0.2, 0.25) is 0 Å². The van der Waals surface area contributed by atoms with Crippen molar-refractivity contribution in [2.45, 2.75) is 17.9 Å². The van der Waals surface area contributed by atoms with Gasteiger partial charge in [0.05, 0.1) is 50.1 Å². The molecule has 1 atom stereocenters. The summed E-state index contributed by atoms with van der Waals surface area (Å²) in [5, 5.41) is -0.306. The third-order valence-electron chi connectivity index (χ3n) is 5.31. The zero-order valence-corrected chi connectivity index (χ0v) is 20.9. The predicted octanol–water partition coefficient (Wildman–Crippen LogP) is 5.47. The molecule has 0 unspecified atom stereocenters. The minimum Gasteiger partial charge on any atom is -0.497 e. The lowest BCUT2D eigenvalue weighted by Crippen LogP contribution is -2.34. The molecule has 10 heteroatoms. The van der Waals surface area contributed by atoms with E-state index in [0.29, 0.717) is 28.6 Å². The zero-order chi connectivity index (χ0) is 25.0. The van der Waals surface area contributed by atoms with E-state index < -0.39 is 21.9 Å². The minimum atomic E-state index is -4.24. The quantitative estimate of drug-likeness (QED) is 0.381. The fraction of sp³-hybridized carbons (Fsp3) is 0.250. The van der Waals surface area contributed by atoms with Crippen molar-refractivity contribution in [3.8, 4) is 23.0 Å². The first kappa shape index (κ1) is 25.5. The monoisotopic (exact) mass is 509 g/mol. The summed E-state index contributed by atoms with van der Waals surface area (Å²) in [5.74, 6) is 1.03. The van der Waals surface area contributed by atoms with E-state index in [1.165, 1.54) is 38.8 Å². The number of rotatable bonds is 9. The first-order valence-corrected chi connectivity index (χ1v) is 11.9. The van der Waals surface area contributed by atoms with Crippen LogP contribution in [0.2, 0.25) is 5.02 Å². The second-order valence-corrected chi connectivity index (χ2v) is 9.42. The molecule has 0 spiro atoms. The Morgan fingerprint density at radius 1 is 0.824 bits per heavy atom. The number of hydrogen-bond donors (Lipinski definition) is 0. The summed E-state index contributed by atoms with van der Waals surface area (Å²) in [6.07, 6.45) is 0. The van der Waals surface area contributed by atoms with Crippen LogP contribution < -0.4 is 23.3 Å². The highest BCUT2D eigenvalue weighted by atomic mass is 35.5. The molecule has 0 fully saturated rings. The standard InChI is InChI=1S/C24H25ClFNO6S/c1-15(19-13-17(30-2)7-11-22(19)31-3)27(16-6-10-23(32-4)24(12-16)33-5)34(28,29)18-8-9-21(26)20(25)14-18/h6-15H,1-5H3/t15-/m1/s1. The molecule has 0 saturated heterocycles. The molecule has 0 radical (unpaired) electrons. The van der Waals surface area contributed by atoms with Crippen LogP contribution in [0.3, 0.4) is 0 Å². The number of hydrogen-bond acceptors (Lipinski definition) is 6.